The van der Waals surface area contributed by atoms with E-state index in [1.165, 1.54) is 161 Å². The maximum atomic E-state index is 11.9. The van der Waals surface area contributed by atoms with Crippen molar-refractivity contribution < 1.29 is 37.6 Å². The third kappa shape index (κ3) is 43.6. The molecule has 2 N–H and O–H groups in total. The molecule has 0 aliphatic carbocycles. The first-order valence-corrected chi connectivity index (χ1v) is 23.6. The molecular formula is C44H87NO7P+. The first-order valence-electron chi connectivity index (χ1n) is 22.1. The van der Waals surface area contributed by atoms with Crippen molar-refractivity contribution in [3.8, 4) is 0 Å². The van der Waals surface area contributed by atoms with E-state index in [9.17, 15) is 19.4 Å². The highest BCUT2D eigenvalue weighted by atomic mass is 31.2. The number of ether oxygens (including phenoxy) is 1. The number of aliphatic hydroxyl groups excluding tert-OH is 1. The lowest BCUT2D eigenvalue weighted by molar-refractivity contribution is -0.870. The molecule has 8 nitrogen and oxygen atoms in total. The van der Waals surface area contributed by atoms with Crippen LogP contribution in [0.3, 0.4) is 0 Å². The van der Waals surface area contributed by atoms with Gasteiger partial charge in [0.15, 0.2) is 0 Å². The summed E-state index contributed by atoms with van der Waals surface area (Å²) in [6, 6.07) is 0. The molecule has 0 spiro atoms. The molecule has 53 heavy (non-hydrogen) atoms. The van der Waals surface area contributed by atoms with Crippen molar-refractivity contribution in [1.82, 2.24) is 0 Å². The summed E-state index contributed by atoms with van der Waals surface area (Å²) in [5.74, 6) is -0.367. The molecule has 0 heterocycles. The minimum atomic E-state index is -4.25. The number of rotatable bonds is 41. The van der Waals surface area contributed by atoms with Crippen LogP contribution in [-0.4, -0.2) is 74.1 Å². The van der Waals surface area contributed by atoms with Crippen LogP contribution in [-0.2, 0) is 23.1 Å². The molecule has 314 valence electrons. The van der Waals surface area contributed by atoms with Crippen molar-refractivity contribution in [2.75, 3.05) is 47.5 Å². The van der Waals surface area contributed by atoms with E-state index in [-0.39, 0.29) is 19.2 Å². The van der Waals surface area contributed by atoms with Gasteiger partial charge in [-0.3, -0.25) is 13.8 Å². The number of allylic oxidation sites excluding steroid dienone is 4. The fourth-order valence-electron chi connectivity index (χ4n) is 6.22. The van der Waals surface area contributed by atoms with Crippen LogP contribution < -0.4 is 0 Å². The molecule has 0 amide bonds. The molecule has 2 unspecified atom stereocenters. The summed E-state index contributed by atoms with van der Waals surface area (Å²) in [5.41, 5.74) is 0. The zero-order chi connectivity index (χ0) is 39.1. The maximum Gasteiger partial charge on any atom is 0.472 e. The smallest absolute Gasteiger partial charge is 0.463 e. The first kappa shape index (κ1) is 52.0. The topological polar surface area (TPSA) is 102 Å². The van der Waals surface area contributed by atoms with Crippen molar-refractivity contribution >= 4 is 13.8 Å². The minimum absolute atomic E-state index is 0.0560. The Morgan fingerprint density at radius 1 is 0.585 bits per heavy atom. The molecule has 0 radical (unpaired) electrons. The predicted molar refractivity (Wildman–Crippen MR) is 224 cm³/mol. The Morgan fingerprint density at radius 2 is 0.981 bits per heavy atom. The molecule has 0 saturated heterocycles. The Hall–Kier alpha value is -1.02. The summed E-state index contributed by atoms with van der Waals surface area (Å²) in [6.45, 7) is 2.16. The van der Waals surface area contributed by atoms with Gasteiger partial charge in [-0.1, -0.05) is 179 Å². The second kappa shape index (κ2) is 37.9. The van der Waals surface area contributed by atoms with Crippen LogP contribution in [0.5, 0.6) is 0 Å². The Balaban J connectivity index is 3.34. The lowest BCUT2D eigenvalue weighted by Gasteiger charge is -2.24. The number of phosphoric acid groups is 1. The van der Waals surface area contributed by atoms with E-state index in [0.29, 0.717) is 17.4 Å². The second-order valence-corrected chi connectivity index (χ2v) is 17.7. The number of aliphatic hydroxyl groups is 1. The van der Waals surface area contributed by atoms with Gasteiger partial charge < -0.3 is 19.2 Å². The lowest BCUT2D eigenvalue weighted by atomic mass is 10.0. The highest BCUT2D eigenvalue weighted by Crippen LogP contribution is 2.43. The number of carbonyl (C=O) groups is 1. The molecule has 0 aliphatic rings. The largest absolute Gasteiger partial charge is 0.472 e. The number of quaternary nitrogens is 1. The molecule has 9 heteroatoms. The highest BCUT2D eigenvalue weighted by Gasteiger charge is 2.24. The van der Waals surface area contributed by atoms with E-state index in [1.54, 1.807) is 0 Å². The molecule has 0 rings (SSSR count). The van der Waals surface area contributed by atoms with Crippen LogP contribution in [0.2, 0.25) is 0 Å². The quantitative estimate of drug-likeness (QED) is 0.0210. The van der Waals surface area contributed by atoms with Gasteiger partial charge in [0.25, 0.3) is 0 Å². The fourth-order valence-corrected chi connectivity index (χ4v) is 6.97. The summed E-state index contributed by atoms with van der Waals surface area (Å²) >= 11 is 0. The van der Waals surface area contributed by atoms with Gasteiger partial charge in [-0.25, -0.2) is 4.57 Å². The van der Waals surface area contributed by atoms with Gasteiger partial charge in [0, 0.05) is 6.42 Å². The number of phosphoric ester groups is 1. The van der Waals surface area contributed by atoms with Gasteiger partial charge in [-0.2, -0.15) is 0 Å². The first-order chi connectivity index (χ1) is 25.6. The minimum Gasteiger partial charge on any atom is -0.463 e. The zero-order valence-corrected chi connectivity index (χ0v) is 36.2. The van der Waals surface area contributed by atoms with E-state index < -0.39 is 20.5 Å². The average Bonchev–Trinajstić information content (AvgIpc) is 3.11. The third-order valence-electron chi connectivity index (χ3n) is 9.71. The van der Waals surface area contributed by atoms with Gasteiger partial charge in [0.1, 0.15) is 25.9 Å². The molecular weight excluding hydrogens is 685 g/mol. The third-order valence-corrected chi connectivity index (χ3v) is 10.7. The molecule has 0 saturated carbocycles. The molecule has 0 aromatic carbocycles. The fraction of sp³-hybridized carbons (Fsp3) is 0.886. The second-order valence-electron chi connectivity index (χ2n) is 16.3. The summed E-state index contributed by atoms with van der Waals surface area (Å²) in [5, 5.41) is 9.91. The van der Waals surface area contributed by atoms with E-state index >= 15 is 0 Å². The summed E-state index contributed by atoms with van der Waals surface area (Å²) in [6.07, 6.45) is 46.6. The lowest BCUT2D eigenvalue weighted by Crippen LogP contribution is -2.37. The van der Waals surface area contributed by atoms with E-state index in [2.05, 4.69) is 31.2 Å². The van der Waals surface area contributed by atoms with E-state index in [4.69, 9.17) is 13.8 Å². The molecule has 0 aromatic rings. The number of hydrogen-bond donors (Lipinski definition) is 2. The van der Waals surface area contributed by atoms with Crippen LogP contribution in [0.1, 0.15) is 200 Å². The number of likely N-dealkylation sites (N-methyl/N-ethyl adjacent to an activating group) is 1. The number of esters is 1. The van der Waals surface area contributed by atoms with Crippen molar-refractivity contribution in [3.05, 3.63) is 24.3 Å². The maximum absolute atomic E-state index is 11.9. The van der Waals surface area contributed by atoms with Gasteiger partial charge in [0.2, 0.25) is 0 Å². The van der Waals surface area contributed by atoms with Crippen LogP contribution in [0, 0.1) is 0 Å². The van der Waals surface area contributed by atoms with Crippen LogP contribution in [0.25, 0.3) is 0 Å². The zero-order valence-electron chi connectivity index (χ0n) is 35.3. The monoisotopic (exact) mass is 773 g/mol. The molecule has 2 atom stereocenters. The van der Waals surface area contributed by atoms with Gasteiger partial charge in [-0.05, 0) is 38.5 Å². The Kier molecular flexibility index (Phi) is 37.2. The summed E-state index contributed by atoms with van der Waals surface area (Å²) < 4.78 is 27.3. The summed E-state index contributed by atoms with van der Waals surface area (Å²) in [7, 11) is 1.57. The number of hydrogen-bond acceptors (Lipinski definition) is 6. The Labute approximate surface area is 328 Å². The SMILES string of the molecule is CCCCCCC/C=C\C/C=C\CCCCCCCCCCCCCCCCCCCCCCCC(=O)OCC(O)COP(=O)(O)OCC[N+](C)(C)C. The van der Waals surface area contributed by atoms with Crippen molar-refractivity contribution in [3.63, 3.8) is 0 Å². The number of carbonyl (C=O) groups excluding carboxylic acids is 1. The van der Waals surface area contributed by atoms with Crippen LogP contribution in [0.4, 0.5) is 0 Å². The molecule has 0 aromatic heterocycles. The van der Waals surface area contributed by atoms with E-state index in [1.807, 2.05) is 21.1 Å². The van der Waals surface area contributed by atoms with E-state index in [0.717, 1.165) is 25.7 Å². The van der Waals surface area contributed by atoms with Gasteiger partial charge in [0.05, 0.1) is 27.7 Å². The Morgan fingerprint density at radius 3 is 1.40 bits per heavy atom. The van der Waals surface area contributed by atoms with Crippen molar-refractivity contribution in [1.29, 1.82) is 0 Å². The van der Waals surface area contributed by atoms with Crippen LogP contribution >= 0.6 is 7.82 Å². The van der Waals surface area contributed by atoms with Crippen LogP contribution in [0.15, 0.2) is 24.3 Å². The molecule has 0 aliphatic heterocycles. The molecule has 0 bridgehead atoms. The average molecular weight is 773 g/mol. The normalized spacial score (nSPS) is 14.0. The number of unbranched alkanes of at least 4 members (excludes halogenated alkanes) is 26. The molecule has 0 fully saturated rings. The standard InChI is InChI=1S/C44H86NO7P/c1-5-6-7-8-9-10-11-12-13-14-15-16-17-18-19-20-21-22-23-24-25-26-27-28-29-30-31-32-33-34-35-36-37-38-44(47)50-41-43(46)42-52-53(48,49)51-40-39-45(2,3)4/h11-12,14-15,43,46H,5-10,13,16-42H2,1-4H3/p+1/b12-11-,15-14-. The van der Waals surface area contributed by atoms with Gasteiger partial charge >= 0.3 is 13.8 Å². The predicted octanol–water partition coefficient (Wildman–Crippen LogP) is 12.6. The Bertz CT molecular complexity index is 905. The summed E-state index contributed by atoms with van der Waals surface area (Å²) in [4.78, 5) is 21.6. The van der Waals surface area contributed by atoms with Crippen molar-refractivity contribution in [2.45, 2.75) is 206 Å². The highest BCUT2D eigenvalue weighted by molar-refractivity contribution is 7.47. The van der Waals surface area contributed by atoms with Gasteiger partial charge in [-0.15, -0.1) is 0 Å². The number of nitrogens with zero attached hydrogens (tertiary/aromatic N) is 1. The van der Waals surface area contributed by atoms with Crippen molar-refractivity contribution in [2.24, 2.45) is 0 Å².